The second-order valence-corrected chi connectivity index (χ2v) is 10.7. The third-order valence-electron chi connectivity index (χ3n) is 7.25. The van der Waals surface area contributed by atoms with Gasteiger partial charge in [-0.3, -0.25) is 0 Å². The van der Waals surface area contributed by atoms with Crippen molar-refractivity contribution >= 4 is 17.9 Å². The molecule has 0 spiro atoms. The third-order valence-corrected chi connectivity index (χ3v) is 7.25. The van der Waals surface area contributed by atoms with Gasteiger partial charge in [-0.05, 0) is 70.3 Å². The van der Waals surface area contributed by atoms with Crippen molar-refractivity contribution in [1.29, 1.82) is 0 Å². The molecule has 2 aliphatic heterocycles. The number of hydrogen-bond donors (Lipinski definition) is 1. The van der Waals surface area contributed by atoms with Crippen LogP contribution >= 0.6 is 0 Å². The summed E-state index contributed by atoms with van der Waals surface area (Å²) in [5.41, 5.74) is 9.38. The largest absolute Gasteiger partial charge is 0.444 e. The molecule has 1 aromatic heterocycles. The van der Waals surface area contributed by atoms with Gasteiger partial charge in [-0.2, -0.15) is 4.98 Å². The lowest BCUT2D eigenvalue weighted by atomic mass is 9.82. The summed E-state index contributed by atoms with van der Waals surface area (Å²) in [5.74, 6) is 2.21. The summed E-state index contributed by atoms with van der Waals surface area (Å²) in [6.07, 6.45) is 4.86. The fourth-order valence-electron chi connectivity index (χ4n) is 5.79. The average molecular weight is 450 g/mol. The zero-order chi connectivity index (χ0) is 23.2. The van der Waals surface area contributed by atoms with Crippen LogP contribution in [0, 0.1) is 5.92 Å². The third kappa shape index (κ3) is 4.50. The molecule has 3 heterocycles. The maximum atomic E-state index is 12.9. The highest BCUT2D eigenvalue weighted by atomic mass is 16.6. The summed E-state index contributed by atoms with van der Waals surface area (Å²) >= 11 is 0. The number of hydrogen-bond acceptors (Lipinski definition) is 6. The lowest BCUT2D eigenvalue weighted by Gasteiger charge is -2.37. The monoisotopic (exact) mass is 449 g/mol. The van der Waals surface area contributed by atoms with Crippen molar-refractivity contribution in [2.45, 2.75) is 70.4 Å². The highest BCUT2D eigenvalue weighted by Gasteiger charge is 2.43. The van der Waals surface area contributed by atoms with Crippen molar-refractivity contribution in [3.63, 3.8) is 0 Å². The number of anilines is 2. The second-order valence-electron chi connectivity index (χ2n) is 10.7. The van der Waals surface area contributed by atoms with Crippen LogP contribution < -0.4 is 10.6 Å². The van der Waals surface area contributed by atoms with Crippen molar-refractivity contribution < 1.29 is 9.53 Å². The molecule has 2 aromatic rings. The van der Waals surface area contributed by atoms with Gasteiger partial charge in [0.25, 0.3) is 0 Å². The van der Waals surface area contributed by atoms with Gasteiger partial charge in [-0.25, -0.2) is 9.78 Å². The zero-order valence-corrected chi connectivity index (χ0v) is 20.0. The van der Waals surface area contributed by atoms with Crippen molar-refractivity contribution in [2.75, 3.05) is 30.3 Å². The summed E-state index contributed by atoms with van der Waals surface area (Å²) in [5, 5.41) is 0. The maximum Gasteiger partial charge on any atom is 0.410 e. The van der Waals surface area contributed by atoms with Gasteiger partial charge < -0.3 is 20.3 Å². The second kappa shape index (κ2) is 8.50. The standard InChI is InChI=1S/C26H35N5O2/c1-26(2,3)33-25(32)31-13-7-10-19-15-30(16-22(19)31)23-20-12-11-18(17-8-5-4-6-9-17)14-21(20)28-24(27)29-23/h4-6,8-9,18-19,22H,7,10-16H2,1-3H3,(H2,27,28,29)/t18?,19-,22+/m1/s1. The molecule has 0 saturated carbocycles. The van der Waals surface area contributed by atoms with Gasteiger partial charge in [0.1, 0.15) is 11.4 Å². The number of ether oxygens (including phenoxy) is 1. The number of carbonyl (C=O) groups is 1. The van der Waals surface area contributed by atoms with Crippen molar-refractivity contribution in [2.24, 2.45) is 5.92 Å². The Kier molecular flexibility index (Phi) is 5.67. The Bertz CT molecular complexity index is 1020. The summed E-state index contributed by atoms with van der Waals surface area (Å²) in [7, 11) is 0. The highest BCUT2D eigenvalue weighted by molar-refractivity contribution is 5.69. The molecule has 3 atom stereocenters. The van der Waals surface area contributed by atoms with Crippen LogP contribution in [0.15, 0.2) is 30.3 Å². The van der Waals surface area contributed by atoms with Crippen LogP contribution in [0.5, 0.6) is 0 Å². The molecule has 1 amide bonds. The number of aromatic nitrogens is 2. The zero-order valence-electron chi connectivity index (χ0n) is 20.0. The summed E-state index contributed by atoms with van der Waals surface area (Å²) in [6.45, 7) is 8.19. The number of fused-ring (bicyclic) bond motifs is 2. The average Bonchev–Trinajstić information content (AvgIpc) is 3.21. The fourth-order valence-corrected chi connectivity index (χ4v) is 5.79. The van der Waals surface area contributed by atoms with E-state index in [1.807, 2.05) is 25.7 Å². The first kappa shape index (κ1) is 22.0. The molecule has 1 aliphatic carbocycles. The van der Waals surface area contributed by atoms with E-state index < -0.39 is 5.60 Å². The minimum atomic E-state index is -0.488. The minimum absolute atomic E-state index is 0.154. The molecule has 2 fully saturated rings. The van der Waals surface area contributed by atoms with Crippen LogP contribution in [0.3, 0.4) is 0 Å². The van der Waals surface area contributed by atoms with E-state index >= 15 is 0 Å². The molecule has 2 saturated heterocycles. The van der Waals surface area contributed by atoms with Gasteiger partial charge in [0.15, 0.2) is 0 Å². The molecule has 1 unspecified atom stereocenters. The van der Waals surface area contributed by atoms with Gasteiger partial charge in [0.2, 0.25) is 5.95 Å². The first-order valence-corrected chi connectivity index (χ1v) is 12.2. The van der Waals surface area contributed by atoms with Gasteiger partial charge >= 0.3 is 6.09 Å². The Balaban J connectivity index is 1.38. The fraction of sp³-hybridized carbons (Fsp3) is 0.577. The lowest BCUT2D eigenvalue weighted by molar-refractivity contribution is 0.00669. The van der Waals surface area contributed by atoms with E-state index in [1.54, 1.807) is 0 Å². The van der Waals surface area contributed by atoms with E-state index in [-0.39, 0.29) is 12.1 Å². The molecule has 1 aromatic carbocycles. The molecule has 7 nitrogen and oxygen atoms in total. The molecule has 33 heavy (non-hydrogen) atoms. The van der Waals surface area contributed by atoms with Gasteiger partial charge in [-0.15, -0.1) is 0 Å². The number of likely N-dealkylation sites (tertiary alicyclic amines) is 1. The molecule has 7 heteroatoms. The van der Waals surface area contributed by atoms with E-state index in [0.29, 0.717) is 17.8 Å². The summed E-state index contributed by atoms with van der Waals surface area (Å²) < 4.78 is 5.71. The Morgan fingerprint density at radius 2 is 1.91 bits per heavy atom. The Labute approximate surface area is 196 Å². The van der Waals surface area contributed by atoms with Crippen LogP contribution in [-0.2, 0) is 17.6 Å². The van der Waals surface area contributed by atoms with E-state index in [2.05, 4.69) is 40.2 Å². The Morgan fingerprint density at radius 3 is 2.67 bits per heavy atom. The molecule has 0 radical (unpaired) electrons. The first-order chi connectivity index (χ1) is 15.8. The first-order valence-electron chi connectivity index (χ1n) is 12.2. The predicted molar refractivity (Wildman–Crippen MR) is 129 cm³/mol. The van der Waals surface area contributed by atoms with Crippen LogP contribution in [0.1, 0.15) is 62.8 Å². The van der Waals surface area contributed by atoms with E-state index in [4.69, 9.17) is 15.5 Å². The Morgan fingerprint density at radius 1 is 1.12 bits per heavy atom. The highest BCUT2D eigenvalue weighted by Crippen LogP contribution is 2.39. The van der Waals surface area contributed by atoms with Crippen LogP contribution in [0.25, 0.3) is 0 Å². The van der Waals surface area contributed by atoms with Crippen LogP contribution in [-0.4, -0.2) is 52.2 Å². The maximum absolute atomic E-state index is 12.9. The number of nitrogen functional groups attached to an aromatic ring is 1. The van der Waals surface area contributed by atoms with Crippen molar-refractivity contribution in [3.05, 3.63) is 47.2 Å². The Hall–Kier alpha value is -2.83. The molecule has 2 N–H and O–H groups in total. The molecule has 5 rings (SSSR count). The van der Waals surface area contributed by atoms with Crippen molar-refractivity contribution in [1.82, 2.24) is 14.9 Å². The van der Waals surface area contributed by atoms with E-state index in [0.717, 1.165) is 63.3 Å². The van der Waals surface area contributed by atoms with Gasteiger partial charge in [0.05, 0.1) is 11.7 Å². The number of nitrogens with zero attached hydrogens (tertiary/aromatic N) is 4. The quantitative estimate of drug-likeness (QED) is 0.741. The topological polar surface area (TPSA) is 84.6 Å². The van der Waals surface area contributed by atoms with Gasteiger partial charge in [-0.1, -0.05) is 30.3 Å². The van der Waals surface area contributed by atoms with Crippen LogP contribution in [0.4, 0.5) is 16.6 Å². The predicted octanol–water partition coefficient (Wildman–Crippen LogP) is 4.17. The normalized spacial score (nSPS) is 24.9. The summed E-state index contributed by atoms with van der Waals surface area (Å²) in [6, 6.07) is 10.8. The van der Waals surface area contributed by atoms with E-state index in [1.165, 1.54) is 11.1 Å². The van der Waals surface area contributed by atoms with Gasteiger partial charge in [0, 0.05) is 25.2 Å². The number of amides is 1. The smallest absolute Gasteiger partial charge is 0.410 e. The molecule has 176 valence electrons. The molecule has 3 aliphatic rings. The SMILES string of the molecule is CC(C)(C)OC(=O)N1CCC[C@@H]2CN(c3nc(N)nc4c3CCC(c3ccccc3)C4)C[C@@H]21. The molecular formula is C26H35N5O2. The number of nitrogens with two attached hydrogens (primary N) is 1. The molecule has 0 bridgehead atoms. The minimum Gasteiger partial charge on any atom is -0.444 e. The van der Waals surface area contributed by atoms with E-state index in [9.17, 15) is 4.79 Å². The van der Waals surface area contributed by atoms with Crippen molar-refractivity contribution in [3.8, 4) is 0 Å². The number of piperidine rings is 1. The summed E-state index contributed by atoms with van der Waals surface area (Å²) in [4.78, 5) is 26.6. The molecular weight excluding hydrogens is 414 g/mol. The number of benzene rings is 1. The number of carbonyl (C=O) groups excluding carboxylic acids is 1. The van der Waals surface area contributed by atoms with Crippen LogP contribution in [0.2, 0.25) is 0 Å². The lowest BCUT2D eigenvalue weighted by Crippen LogP contribution is -2.50. The number of rotatable bonds is 2.